The number of rotatable bonds is 6. The van der Waals surface area contributed by atoms with Gasteiger partial charge in [0.25, 0.3) is 0 Å². The van der Waals surface area contributed by atoms with Crippen LogP contribution in [-0.4, -0.2) is 58.6 Å². The summed E-state index contributed by atoms with van der Waals surface area (Å²) in [5.74, 6) is -4.20. The van der Waals surface area contributed by atoms with Crippen molar-refractivity contribution in [3.05, 3.63) is 0 Å². The zero-order valence-corrected chi connectivity index (χ0v) is 11.8. The van der Waals surface area contributed by atoms with Gasteiger partial charge in [0.2, 0.25) is 5.91 Å². The molecule has 114 valence electrons. The van der Waals surface area contributed by atoms with Crippen LogP contribution >= 0.6 is 0 Å². The van der Waals surface area contributed by atoms with Gasteiger partial charge in [-0.2, -0.15) is 0 Å². The van der Waals surface area contributed by atoms with Crippen LogP contribution in [0.5, 0.6) is 0 Å². The highest BCUT2D eigenvalue weighted by Crippen LogP contribution is 2.25. The minimum Gasteiger partial charge on any atom is -0.481 e. The van der Waals surface area contributed by atoms with Crippen molar-refractivity contribution in [3.63, 3.8) is 0 Å². The fraction of sp³-hybridized carbons (Fsp3) is 0.769. The molecule has 1 amide bonds. The third-order valence-electron chi connectivity index (χ3n) is 3.76. The molecule has 1 fully saturated rings. The summed E-state index contributed by atoms with van der Waals surface area (Å²) in [4.78, 5) is 35.9. The number of carboxylic acids is 2. The Bertz CT molecular complexity index is 385. The molecule has 1 saturated heterocycles. The predicted octanol–water partition coefficient (Wildman–Crippen LogP) is 0.00840. The molecule has 1 aliphatic rings. The molecular formula is C13H22N2O5. The van der Waals surface area contributed by atoms with Gasteiger partial charge in [0.15, 0.2) is 0 Å². The lowest BCUT2D eigenvalue weighted by Gasteiger charge is -2.37. The second-order valence-corrected chi connectivity index (χ2v) is 5.14. The molecule has 7 nitrogen and oxygen atoms in total. The van der Waals surface area contributed by atoms with Crippen molar-refractivity contribution >= 4 is 17.8 Å². The average molecular weight is 286 g/mol. The van der Waals surface area contributed by atoms with E-state index < -0.39 is 29.8 Å². The molecule has 1 rings (SSSR count). The van der Waals surface area contributed by atoms with Crippen molar-refractivity contribution in [2.75, 3.05) is 19.6 Å². The SMILES string of the molecule is CCCNC(=O)C(C)N1CCC(C(=O)O)C(C(=O)O)C1. The van der Waals surface area contributed by atoms with Crippen LogP contribution in [0.4, 0.5) is 0 Å². The molecule has 0 aromatic rings. The maximum Gasteiger partial charge on any atom is 0.308 e. The molecule has 0 radical (unpaired) electrons. The van der Waals surface area contributed by atoms with Gasteiger partial charge in [0.1, 0.15) is 0 Å². The normalized spacial score (nSPS) is 24.9. The molecular weight excluding hydrogens is 264 g/mol. The predicted molar refractivity (Wildman–Crippen MR) is 71.2 cm³/mol. The number of carbonyl (C=O) groups is 3. The number of likely N-dealkylation sites (tertiary alicyclic amines) is 1. The number of hydrogen-bond donors (Lipinski definition) is 3. The van der Waals surface area contributed by atoms with E-state index in [0.29, 0.717) is 13.1 Å². The molecule has 1 aliphatic heterocycles. The highest BCUT2D eigenvalue weighted by atomic mass is 16.4. The highest BCUT2D eigenvalue weighted by molar-refractivity contribution is 5.82. The Morgan fingerprint density at radius 2 is 1.85 bits per heavy atom. The summed E-state index contributed by atoms with van der Waals surface area (Å²) >= 11 is 0. The van der Waals surface area contributed by atoms with Crippen molar-refractivity contribution in [2.24, 2.45) is 11.8 Å². The number of hydrogen-bond acceptors (Lipinski definition) is 4. The smallest absolute Gasteiger partial charge is 0.308 e. The molecule has 3 N–H and O–H groups in total. The Labute approximate surface area is 117 Å². The molecule has 3 unspecified atom stereocenters. The molecule has 0 bridgehead atoms. The zero-order chi connectivity index (χ0) is 15.3. The van der Waals surface area contributed by atoms with Crippen LogP contribution in [0.2, 0.25) is 0 Å². The van der Waals surface area contributed by atoms with Gasteiger partial charge >= 0.3 is 11.9 Å². The minimum absolute atomic E-state index is 0.0903. The molecule has 7 heteroatoms. The number of carboxylic acid groups (broad SMARTS) is 2. The van der Waals surface area contributed by atoms with E-state index in [-0.39, 0.29) is 18.9 Å². The molecule has 3 atom stereocenters. The lowest BCUT2D eigenvalue weighted by Crippen LogP contribution is -2.53. The van der Waals surface area contributed by atoms with Crippen LogP contribution in [0.15, 0.2) is 0 Å². The maximum atomic E-state index is 11.9. The quantitative estimate of drug-likeness (QED) is 0.635. The van der Waals surface area contributed by atoms with Crippen LogP contribution < -0.4 is 5.32 Å². The minimum atomic E-state index is -1.12. The summed E-state index contributed by atoms with van der Waals surface area (Å²) in [5, 5.41) is 21.0. The van der Waals surface area contributed by atoms with Crippen molar-refractivity contribution in [2.45, 2.75) is 32.7 Å². The van der Waals surface area contributed by atoms with Crippen molar-refractivity contribution in [1.82, 2.24) is 10.2 Å². The summed E-state index contributed by atoms with van der Waals surface area (Å²) in [6.45, 7) is 4.75. The van der Waals surface area contributed by atoms with Crippen molar-refractivity contribution < 1.29 is 24.6 Å². The molecule has 0 spiro atoms. The Kier molecular flexibility index (Phi) is 5.94. The lowest BCUT2D eigenvalue weighted by molar-refractivity contribution is -0.158. The van der Waals surface area contributed by atoms with Gasteiger partial charge in [-0.05, 0) is 26.3 Å². The summed E-state index contributed by atoms with van der Waals surface area (Å²) in [7, 11) is 0. The van der Waals surface area contributed by atoms with E-state index >= 15 is 0 Å². The molecule has 0 aliphatic carbocycles. The Balaban J connectivity index is 2.68. The van der Waals surface area contributed by atoms with Crippen LogP contribution in [0.1, 0.15) is 26.7 Å². The van der Waals surface area contributed by atoms with Crippen molar-refractivity contribution in [1.29, 1.82) is 0 Å². The Morgan fingerprint density at radius 3 is 2.35 bits per heavy atom. The van der Waals surface area contributed by atoms with Gasteiger partial charge in [-0.25, -0.2) is 0 Å². The van der Waals surface area contributed by atoms with E-state index in [1.165, 1.54) is 0 Å². The fourth-order valence-electron chi connectivity index (χ4n) is 2.44. The first-order chi connectivity index (χ1) is 9.38. The van der Waals surface area contributed by atoms with E-state index in [0.717, 1.165) is 6.42 Å². The van der Waals surface area contributed by atoms with Crippen LogP contribution in [0.25, 0.3) is 0 Å². The Hall–Kier alpha value is -1.63. The summed E-state index contributed by atoms with van der Waals surface area (Å²) in [6, 6.07) is -0.446. The number of aliphatic carboxylic acids is 2. The van der Waals surface area contributed by atoms with E-state index in [1.807, 2.05) is 6.92 Å². The largest absolute Gasteiger partial charge is 0.481 e. The summed E-state index contributed by atoms with van der Waals surface area (Å²) < 4.78 is 0. The lowest BCUT2D eigenvalue weighted by atomic mass is 9.85. The number of piperidine rings is 1. The van der Waals surface area contributed by atoms with E-state index in [9.17, 15) is 14.4 Å². The van der Waals surface area contributed by atoms with E-state index in [2.05, 4.69) is 5.32 Å². The van der Waals surface area contributed by atoms with Gasteiger partial charge < -0.3 is 15.5 Å². The second kappa shape index (κ2) is 7.23. The van der Waals surface area contributed by atoms with Gasteiger partial charge in [-0.15, -0.1) is 0 Å². The van der Waals surface area contributed by atoms with Crippen LogP contribution in [0.3, 0.4) is 0 Å². The van der Waals surface area contributed by atoms with Crippen LogP contribution in [0, 0.1) is 11.8 Å². The molecule has 0 aromatic heterocycles. The standard InChI is InChI=1S/C13H22N2O5/c1-3-5-14-11(16)8(2)15-6-4-9(12(17)18)10(7-15)13(19)20/h8-10H,3-7H2,1-2H3,(H,14,16)(H,17,18)(H,19,20). The number of amides is 1. The van der Waals surface area contributed by atoms with Gasteiger partial charge in [0, 0.05) is 13.1 Å². The Morgan fingerprint density at radius 1 is 1.25 bits per heavy atom. The third-order valence-corrected chi connectivity index (χ3v) is 3.76. The van der Waals surface area contributed by atoms with E-state index in [4.69, 9.17) is 10.2 Å². The maximum absolute atomic E-state index is 11.9. The monoisotopic (exact) mass is 286 g/mol. The second-order valence-electron chi connectivity index (χ2n) is 5.14. The number of nitrogens with one attached hydrogen (secondary N) is 1. The third kappa shape index (κ3) is 3.93. The molecule has 1 heterocycles. The van der Waals surface area contributed by atoms with Gasteiger partial charge in [-0.1, -0.05) is 6.92 Å². The zero-order valence-electron chi connectivity index (χ0n) is 11.8. The first-order valence-corrected chi connectivity index (χ1v) is 6.85. The van der Waals surface area contributed by atoms with Gasteiger partial charge in [0.05, 0.1) is 17.9 Å². The summed E-state index contributed by atoms with van der Waals surface area (Å²) in [6.07, 6.45) is 1.08. The fourth-order valence-corrected chi connectivity index (χ4v) is 2.44. The first-order valence-electron chi connectivity index (χ1n) is 6.85. The number of nitrogens with zero attached hydrogens (tertiary/aromatic N) is 1. The summed E-state index contributed by atoms with van der Waals surface area (Å²) in [5.41, 5.74) is 0. The molecule has 0 saturated carbocycles. The molecule has 0 aromatic carbocycles. The van der Waals surface area contributed by atoms with Crippen LogP contribution in [-0.2, 0) is 14.4 Å². The molecule has 20 heavy (non-hydrogen) atoms. The average Bonchev–Trinajstić information content (AvgIpc) is 2.42. The first kappa shape index (κ1) is 16.4. The van der Waals surface area contributed by atoms with Crippen molar-refractivity contribution in [3.8, 4) is 0 Å². The number of carbonyl (C=O) groups excluding carboxylic acids is 1. The topological polar surface area (TPSA) is 107 Å². The van der Waals surface area contributed by atoms with E-state index in [1.54, 1.807) is 11.8 Å². The van der Waals surface area contributed by atoms with Gasteiger partial charge in [-0.3, -0.25) is 19.3 Å². The highest BCUT2D eigenvalue weighted by Gasteiger charge is 2.40.